The molecule has 7 nitrogen and oxygen atoms in total. The van der Waals surface area contributed by atoms with Gasteiger partial charge in [-0.2, -0.15) is 0 Å². The van der Waals surface area contributed by atoms with Crippen LogP contribution in [-0.4, -0.2) is 62.8 Å². The minimum absolute atomic E-state index is 0.0315. The molecular weight excluding hydrogens is 408 g/mol. The minimum Gasteiger partial charge on any atom is -0.492 e. The summed E-state index contributed by atoms with van der Waals surface area (Å²) in [5.74, 6) is 0.412. The highest BCUT2D eigenvalue weighted by Gasteiger charge is 2.34. The number of rotatable bonds is 9. The van der Waals surface area contributed by atoms with E-state index < -0.39 is 0 Å². The zero-order chi connectivity index (χ0) is 22.9. The van der Waals surface area contributed by atoms with E-state index in [2.05, 4.69) is 10.2 Å². The normalized spacial score (nSPS) is 19.7. The van der Waals surface area contributed by atoms with Gasteiger partial charge in [-0.05, 0) is 49.6 Å². The van der Waals surface area contributed by atoms with Crippen molar-refractivity contribution in [1.29, 1.82) is 0 Å². The number of piperidine rings is 1. The lowest BCUT2D eigenvalue weighted by atomic mass is 9.97. The van der Waals surface area contributed by atoms with E-state index in [1.807, 2.05) is 49.4 Å². The Balaban J connectivity index is 1.60. The average Bonchev–Trinajstić information content (AvgIpc) is 2.84. The van der Waals surface area contributed by atoms with Gasteiger partial charge in [0.05, 0.1) is 30.9 Å². The zero-order valence-electron chi connectivity index (χ0n) is 19.0. The van der Waals surface area contributed by atoms with Crippen LogP contribution in [-0.2, 0) is 14.3 Å². The molecule has 0 saturated carbocycles. The number of para-hydroxylation sites is 1. The van der Waals surface area contributed by atoms with Crippen LogP contribution < -0.4 is 10.1 Å². The maximum atomic E-state index is 13.2. The maximum Gasteiger partial charge on any atom is 0.337 e. The molecule has 0 unspecified atom stereocenters. The van der Waals surface area contributed by atoms with Gasteiger partial charge in [-0.25, -0.2) is 4.79 Å². The Labute approximate surface area is 189 Å². The lowest BCUT2D eigenvalue weighted by molar-refractivity contribution is -0.131. The predicted octanol–water partition coefficient (Wildman–Crippen LogP) is 3.21. The largest absolute Gasteiger partial charge is 0.492 e. The number of hydrogen-bond acceptors (Lipinski definition) is 6. The van der Waals surface area contributed by atoms with E-state index in [9.17, 15) is 9.59 Å². The number of esters is 1. The van der Waals surface area contributed by atoms with Gasteiger partial charge in [0.25, 0.3) is 0 Å². The van der Waals surface area contributed by atoms with Gasteiger partial charge >= 0.3 is 5.97 Å². The Kier molecular flexibility index (Phi) is 8.64. The number of methoxy groups -OCH3 is 2. The first-order chi connectivity index (χ1) is 15.5. The smallest absolute Gasteiger partial charge is 0.337 e. The van der Waals surface area contributed by atoms with Crippen molar-refractivity contribution in [1.82, 2.24) is 10.2 Å². The molecule has 0 aromatic heterocycles. The van der Waals surface area contributed by atoms with Crippen LogP contribution in [0, 0.1) is 0 Å². The highest BCUT2D eigenvalue weighted by Crippen LogP contribution is 2.22. The molecule has 3 rings (SSSR count). The predicted molar refractivity (Wildman–Crippen MR) is 122 cm³/mol. The quantitative estimate of drug-likeness (QED) is 0.604. The van der Waals surface area contributed by atoms with Crippen molar-refractivity contribution in [2.45, 2.75) is 38.0 Å². The van der Waals surface area contributed by atoms with Crippen molar-refractivity contribution in [3.63, 3.8) is 0 Å². The highest BCUT2D eigenvalue weighted by molar-refractivity contribution is 5.89. The van der Waals surface area contributed by atoms with E-state index in [-0.39, 0.29) is 30.1 Å². The molecule has 172 valence electrons. The summed E-state index contributed by atoms with van der Waals surface area (Å²) in [7, 11) is 3.05. The lowest BCUT2D eigenvalue weighted by Crippen LogP contribution is -2.54. The summed E-state index contributed by atoms with van der Waals surface area (Å²) >= 11 is 0. The molecule has 1 heterocycles. The second kappa shape index (κ2) is 11.6. The maximum absolute atomic E-state index is 13.2. The number of amides is 1. The number of carbonyl (C=O) groups is 2. The molecule has 0 bridgehead atoms. The summed E-state index contributed by atoms with van der Waals surface area (Å²) in [4.78, 5) is 27.0. The molecule has 7 heteroatoms. The molecule has 2 aromatic carbocycles. The lowest BCUT2D eigenvalue weighted by Gasteiger charge is -2.38. The van der Waals surface area contributed by atoms with E-state index in [0.29, 0.717) is 25.1 Å². The SMILES string of the molecule is COC(=O)c1ccc([C@H](C)NC(=O)[C@H]2C[C@@H](OC)CCN2CCOc2ccccc2)cc1. The van der Waals surface area contributed by atoms with Gasteiger partial charge in [0, 0.05) is 20.2 Å². The second-order valence-corrected chi connectivity index (χ2v) is 7.94. The number of benzene rings is 2. The average molecular weight is 441 g/mol. The molecule has 2 aromatic rings. The summed E-state index contributed by atoms with van der Waals surface area (Å²) in [5, 5.41) is 3.12. The van der Waals surface area contributed by atoms with Crippen LogP contribution in [0.4, 0.5) is 0 Å². The van der Waals surface area contributed by atoms with Crippen molar-refractivity contribution in [3.8, 4) is 5.75 Å². The molecule has 3 atom stereocenters. The molecule has 1 fully saturated rings. The van der Waals surface area contributed by atoms with Crippen LogP contribution in [0.5, 0.6) is 5.75 Å². The van der Waals surface area contributed by atoms with Gasteiger partial charge < -0.3 is 19.5 Å². The molecule has 0 spiro atoms. The third kappa shape index (κ3) is 6.31. The van der Waals surface area contributed by atoms with Crippen molar-refractivity contribution < 1.29 is 23.8 Å². The Bertz CT molecular complexity index is 872. The standard InChI is InChI=1S/C25H32N2O5/c1-18(19-9-11-20(12-10-19)25(29)31-3)26-24(28)23-17-22(30-2)13-14-27(23)15-16-32-21-7-5-4-6-8-21/h4-12,18,22-23H,13-17H2,1-3H3,(H,26,28)/t18-,22-,23+/m0/s1. The molecule has 1 aliphatic rings. The van der Waals surface area contributed by atoms with Crippen molar-refractivity contribution in [2.75, 3.05) is 33.9 Å². The summed E-state index contributed by atoms with van der Waals surface area (Å²) in [5.41, 5.74) is 1.40. The van der Waals surface area contributed by atoms with E-state index in [1.54, 1.807) is 19.2 Å². The number of ether oxygens (including phenoxy) is 3. The van der Waals surface area contributed by atoms with E-state index >= 15 is 0 Å². The van der Waals surface area contributed by atoms with E-state index in [1.165, 1.54) is 7.11 Å². The molecule has 1 amide bonds. The van der Waals surface area contributed by atoms with Crippen LogP contribution in [0.15, 0.2) is 54.6 Å². The fourth-order valence-corrected chi connectivity index (χ4v) is 3.95. The second-order valence-electron chi connectivity index (χ2n) is 7.94. The van der Waals surface area contributed by atoms with Gasteiger partial charge in [-0.1, -0.05) is 30.3 Å². The molecular formula is C25H32N2O5. The minimum atomic E-state index is -0.380. The van der Waals surface area contributed by atoms with Gasteiger partial charge in [-0.3, -0.25) is 9.69 Å². The van der Waals surface area contributed by atoms with Crippen LogP contribution in [0.25, 0.3) is 0 Å². The molecule has 1 aliphatic heterocycles. The van der Waals surface area contributed by atoms with Gasteiger partial charge in [0.15, 0.2) is 0 Å². The van der Waals surface area contributed by atoms with Crippen LogP contribution >= 0.6 is 0 Å². The Hall–Kier alpha value is -2.90. The number of hydrogen-bond donors (Lipinski definition) is 1. The summed E-state index contributed by atoms with van der Waals surface area (Å²) in [6.45, 7) is 3.88. The highest BCUT2D eigenvalue weighted by atomic mass is 16.5. The number of nitrogens with one attached hydrogen (secondary N) is 1. The first-order valence-corrected chi connectivity index (χ1v) is 10.9. The third-order valence-electron chi connectivity index (χ3n) is 5.88. The van der Waals surface area contributed by atoms with E-state index in [4.69, 9.17) is 14.2 Å². The zero-order valence-corrected chi connectivity index (χ0v) is 19.0. The van der Waals surface area contributed by atoms with Crippen LogP contribution in [0.2, 0.25) is 0 Å². The fraction of sp³-hybridized carbons (Fsp3) is 0.440. The molecule has 1 saturated heterocycles. The van der Waals surface area contributed by atoms with Crippen LogP contribution in [0.3, 0.4) is 0 Å². The Morgan fingerprint density at radius 2 is 1.81 bits per heavy atom. The fourth-order valence-electron chi connectivity index (χ4n) is 3.95. The monoisotopic (exact) mass is 440 g/mol. The first-order valence-electron chi connectivity index (χ1n) is 10.9. The van der Waals surface area contributed by atoms with Crippen molar-refractivity contribution in [2.24, 2.45) is 0 Å². The van der Waals surface area contributed by atoms with Gasteiger partial charge in [0.2, 0.25) is 5.91 Å². The van der Waals surface area contributed by atoms with Crippen molar-refractivity contribution >= 4 is 11.9 Å². The van der Waals surface area contributed by atoms with Gasteiger partial charge in [0.1, 0.15) is 12.4 Å². The third-order valence-corrected chi connectivity index (χ3v) is 5.88. The van der Waals surface area contributed by atoms with E-state index in [0.717, 1.165) is 24.3 Å². The molecule has 32 heavy (non-hydrogen) atoms. The summed E-state index contributed by atoms with van der Waals surface area (Å²) < 4.78 is 16.1. The molecule has 1 N–H and O–H groups in total. The number of carbonyl (C=O) groups excluding carboxylic acids is 2. The molecule has 0 radical (unpaired) electrons. The summed E-state index contributed by atoms with van der Waals surface area (Å²) in [6.07, 6.45) is 1.59. The number of likely N-dealkylation sites (tertiary alicyclic amines) is 1. The first kappa shape index (κ1) is 23.8. The Morgan fingerprint density at radius 3 is 2.47 bits per heavy atom. The van der Waals surface area contributed by atoms with Crippen LogP contribution in [0.1, 0.15) is 41.7 Å². The summed E-state index contributed by atoms with van der Waals surface area (Å²) in [6, 6.07) is 16.3. The number of nitrogens with zero attached hydrogens (tertiary/aromatic N) is 1. The topological polar surface area (TPSA) is 77.1 Å². The Morgan fingerprint density at radius 1 is 1.09 bits per heavy atom. The van der Waals surface area contributed by atoms with Crippen molar-refractivity contribution in [3.05, 3.63) is 65.7 Å². The molecule has 0 aliphatic carbocycles. The van der Waals surface area contributed by atoms with Gasteiger partial charge in [-0.15, -0.1) is 0 Å².